The SMILES string of the molecule is Cc1cc(NC(=O)CN2CCC(C)C2CO)no1. The first-order chi connectivity index (χ1) is 8.60. The fraction of sp³-hybridized carbons (Fsp3) is 0.667. The molecule has 1 aliphatic rings. The van der Waals surface area contributed by atoms with Crippen LogP contribution in [0.15, 0.2) is 10.6 Å². The van der Waals surface area contributed by atoms with Gasteiger partial charge in [0.15, 0.2) is 5.82 Å². The topological polar surface area (TPSA) is 78.6 Å². The first-order valence-electron chi connectivity index (χ1n) is 6.18. The minimum absolute atomic E-state index is 0.0785. The molecule has 1 amide bonds. The summed E-state index contributed by atoms with van der Waals surface area (Å²) in [4.78, 5) is 13.8. The molecular formula is C12H19N3O3. The van der Waals surface area contributed by atoms with Gasteiger partial charge in [0.25, 0.3) is 0 Å². The molecule has 2 atom stereocenters. The average molecular weight is 253 g/mol. The monoisotopic (exact) mass is 253 g/mol. The van der Waals surface area contributed by atoms with Crippen LogP contribution in [0.25, 0.3) is 0 Å². The highest BCUT2D eigenvalue weighted by atomic mass is 16.5. The Balaban J connectivity index is 1.87. The van der Waals surface area contributed by atoms with Gasteiger partial charge in [0.05, 0.1) is 13.2 Å². The lowest BCUT2D eigenvalue weighted by Crippen LogP contribution is -2.40. The fourth-order valence-electron chi connectivity index (χ4n) is 2.37. The molecule has 2 N–H and O–H groups in total. The maximum Gasteiger partial charge on any atom is 0.239 e. The molecule has 0 saturated carbocycles. The van der Waals surface area contributed by atoms with Gasteiger partial charge in [0.1, 0.15) is 5.76 Å². The molecule has 1 aromatic heterocycles. The molecule has 1 aliphatic heterocycles. The lowest BCUT2D eigenvalue weighted by atomic mass is 10.0. The molecule has 1 aromatic rings. The lowest BCUT2D eigenvalue weighted by molar-refractivity contribution is -0.117. The predicted octanol–water partition coefficient (Wildman–Crippen LogP) is 0.624. The van der Waals surface area contributed by atoms with Crippen LogP contribution >= 0.6 is 0 Å². The van der Waals surface area contributed by atoms with Crippen molar-refractivity contribution in [2.45, 2.75) is 26.3 Å². The Bertz CT molecular complexity index is 418. The van der Waals surface area contributed by atoms with Crippen LogP contribution < -0.4 is 5.32 Å². The van der Waals surface area contributed by atoms with Crippen LogP contribution in [0.1, 0.15) is 19.1 Å². The summed E-state index contributed by atoms with van der Waals surface area (Å²) >= 11 is 0. The van der Waals surface area contributed by atoms with E-state index in [0.717, 1.165) is 13.0 Å². The molecular weight excluding hydrogens is 234 g/mol. The number of nitrogens with one attached hydrogen (secondary N) is 1. The number of aliphatic hydroxyl groups excluding tert-OH is 1. The number of rotatable bonds is 4. The van der Waals surface area contributed by atoms with Gasteiger partial charge in [-0.15, -0.1) is 0 Å². The molecule has 2 unspecified atom stereocenters. The maximum absolute atomic E-state index is 11.8. The summed E-state index contributed by atoms with van der Waals surface area (Å²) in [7, 11) is 0. The summed E-state index contributed by atoms with van der Waals surface area (Å²) in [5.41, 5.74) is 0. The zero-order valence-corrected chi connectivity index (χ0v) is 10.7. The number of anilines is 1. The largest absolute Gasteiger partial charge is 0.395 e. The van der Waals surface area contributed by atoms with E-state index in [2.05, 4.69) is 17.4 Å². The van der Waals surface area contributed by atoms with Crippen LogP contribution in [0.5, 0.6) is 0 Å². The predicted molar refractivity (Wildman–Crippen MR) is 66.1 cm³/mol. The number of hydrogen-bond donors (Lipinski definition) is 2. The van der Waals surface area contributed by atoms with Crippen LogP contribution in [-0.4, -0.2) is 46.8 Å². The Kier molecular flexibility index (Phi) is 3.98. The van der Waals surface area contributed by atoms with E-state index in [1.807, 2.05) is 4.90 Å². The Morgan fingerprint density at radius 1 is 1.72 bits per heavy atom. The molecule has 100 valence electrons. The third-order valence-corrected chi connectivity index (χ3v) is 3.43. The molecule has 18 heavy (non-hydrogen) atoms. The van der Waals surface area contributed by atoms with Gasteiger partial charge in [-0.3, -0.25) is 9.69 Å². The van der Waals surface area contributed by atoms with Crippen LogP contribution in [0.3, 0.4) is 0 Å². The number of carbonyl (C=O) groups is 1. The minimum Gasteiger partial charge on any atom is -0.395 e. The van der Waals surface area contributed by atoms with Crippen LogP contribution in [0, 0.1) is 12.8 Å². The van der Waals surface area contributed by atoms with Crippen molar-refractivity contribution in [2.24, 2.45) is 5.92 Å². The van der Waals surface area contributed by atoms with Crippen molar-refractivity contribution in [3.63, 3.8) is 0 Å². The van der Waals surface area contributed by atoms with E-state index >= 15 is 0 Å². The van der Waals surface area contributed by atoms with Gasteiger partial charge in [-0.25, -0.2) is 0 Å². The number of likely N-dealkylation sites (tertiary alicyclic amines) is 1. The molecule has 1 fully saturated rings. The standard InChI is InChI=1S/C12H19N3O3/c1-8-3-4-15(10(8)7-16)6-12(17)13-11-5-9(2)18-14-11/h5,8,10,16H,3-4,6-7H2,1-2H3,(H,13,14,17). The number of carbonyl (C=O) groups excluding carboxylic acids is 1. The minimum atomic E-state index is -0.129. The van der Waals surface area contributed by atoms with Crippen LogP contribution in [0.4, 0.5) is 5.82 Å². The van der Waals surface area contributed by atoms with Crippen molar-refractivity contribution in [3.8, 4) is 0 Å². The molecule has 2 heterocycles. The zero-order chi connectivity index (χ0) is 13.1. The molecule has 0 radical (unpaired) electrons. The number of aryl methyl sites for hydroxylation is 1. The van der Waals surface area contributed by atoms with E-state index in [9.17, 15) is 9.90 Å². The summed E-state index contributed by atoms with van der Waals surface area (Å²) < 4.78 is 4.88. The summed E-state index contributed by atoms with van der Waals surface area (Å²) in [5.74, 6) is 1.39. The number of hydrogen-bond acceptors (Lipinski definition) is 5. The van der Waals surface area contributed by atoms with Crippen molar-refractivity contribution in [2.75, 3.05) is 25.0 Å². The molecule has 0 aliphatic carbocycles. The van der Waals surface area contributed by atoms with Gasteiger partial charge in [0.2, 0.25) is 5.91 Å². The second-order valence-electron chi connectivity index (χ2n) is 4.86. The van der Waals surface area contributed by atoms with Crippen molar-refractivity contribution < 1.29 is 14.4 Å². The highest BCUT2D eigenvalue weighted by Gasteiger charge is 2.31. The van der Waals surface area contributed by atoms with Crippen molar-refractivity contribution in [1.82, 2.24) is 10.1 Å². The molecule has 0 spiro atoms. The molecule has 2 rings (SSSR count). The van der Waals surface area contributed by atoms with Gasteiger partial charge < -0.3 is 14.9 Å². The fourth-order valence-corrected chi connectivity index (χ4v) is 2.37. The Morgan fingerprint density at radius 3 is 3.11 bits per heavy atom. The lowest BCUT2D eigenvalue weighted by Gasteiger charge is -2.23. The van der Waals surface area contributed by atoms with E-state index in [0.29, 0.717) is 17.5 Å². The second-order valence-corrected chi connectivity index (χ2v) is 4.86. The third-order valence-electron chi connectivity index (χ3n) is 3.43. The van der Waals surface area contributed by atoms with Gasteiger partial charge in [0, 0.05) is 12.1 Å². The first kappa shape index (κ1) is 13.0. The van der Waals surface area contributed by atoms with E-state index in [4.69, 9.17) is 4.52 Å². The van der Waals surface area contributed by atoms with Crippen molar-refractivity contribution in [1.29, 1.82) is 0 Å². The van der Waals surface area contributed by atoms with Gasteiger partial charge >= 0.3 is 0 Å². The summed E-state index contributed by atoms with van der Waals surface area (Å²) in [6, 6.07) is 1.75. The zero-order valence-electron chi connectivity index (χ0n) is 10.7. The summed E-state index contributed by atoms with van der Waals surface area (Å²) in [5, 5.41) is 15.7. The van der Waals surface area contributed by atoms with E-state index < -0.39 is 0 Å². The molecule has 0 aromatic carbocycles. The normalized spacial score (nSPS) is 24.4. The number of amides is 1. The van der Waals surface area contributed by atoms with Gasteiger partial charge in [-0.05, 0) is 25.8 Å². The van der Waals surface area contributed by atoms with E-state index in [1.54, 1.807) is 13.0 Å². The van der Waals surface area contributed by atoms with Crippen LogP contribution in [0.2, 0.25) is 0 Å². The Hall–Kier alpha value is -1.40. The number of aliphatic hydroxyl groups is 1. The Labute approximate surface area is 106 Å². The second kappa shape index (κ2) is 5.49. The first-order valence-corrected chi connectivity index (χ1v) is 6.18. The highest BCUT2D eigenvalue weighted by Crippen LogP contribution is 2.23. The number of nitrogens with zero attached hydrogens (tertiary/aromatic N) is 2. The molecule has 0 bridgehead atoms. The quantitative estimate of drug-likeness (QED) is 0.822. The van der Waals surface area contributed by atoms with E-state index in [-0.39, 0.29) is 25.1 Å². The smallest absolute Gasteiger partial charge is 0.239 e. The summed E-state index contributed by atoms with van der Waals surface area (Å²) in [6.07, 6.45) is 1.02. The third kappa shape index (κ3) is 2.88. The average Bonchev–Trinajstić information content (AvgIpc) is 2.86. The number of aromatic nitrogens is 1. The maximum atomic E-state index is 11.8. The Morgan fingerprint density at radius 2 is 2.50 bits per heavy atom. The van der Waals surface area contributed by atoms with Gasteiger partial charge in [-0.1, -0.05) is 12.1 Å². The summed E-state index contributed by atoms with van der Waals surface area (Å²) in [6.45, 7) is 5.09. The molecule has 1 saturated heterocycles. The molecule has 6 nitrogen and oxygen atoms in total. The van der Waals surface area contributed by atoms with Gasteiger partial charge in [-0.2, -0.15) is 0 Å². The highest BCUT2D eigenvalue weighted by molar-refractivity contribution is 5.91. The molecule has 6 heteroatoms. The van der Waals surface area contributed by atoms with E-state index in [1.165, 1.54) is 0 Å². The van der Waals surface area contributed by atoms with Crippen LogP contribution in [-0.2, 0) is 4.79 Å². The van der Waals surface area contributed by atoms with Crippen molar-refractivity contribution >= 4 is 11.7 Å². The van der Waals surface area contributed by atoms with Crippen molar-refractivity contribution in [3.05, 3.63) is 11.8 Å².